The molecule has 2 heterocycles. The van der Waals surface area contributed by atoms with E-state index >= 15 is 0 Å². The van der Waals surface area contributed by atoms with E-state index in [9.17, 15) is 4.39 Å². The molecule has 88 valence electrons. The van der Waals surface area contributed by atoms with Crippen molar-refractivity contribution in [2.24, 2.45) is 5.73 Å². The van der Waals surface area contributed by atoms with Crippen LogP contribution >= 0.6 is 15.9 Å². The van der Waals surface area contributed by atoms with E-state index in [1.165, 1.54) is 12.3 Å². The molecule has 0 radical (unpaired) electrons. The van der Waals surface area contributed by atoms with Gasteiger partial charge in [0.2, 0.25) is 0 Å². The molecule has 3 nitrogen and oxygen atoms in total. The van der Waals surface area contributed by atoms with Crippen LogP contribution in [0.25, 0.3) is 0 Å². The predicted molar refractivity (Wildman–Crippen MR) is 66.8 cm³/mol. The fourth-order valence-electron chi connectivity index (χ4n) is 1.52. The highest BCUT2D eigenvalue weighted by Crippen LogP contribution is 2.16. The molecule has 0 bridgehead atoms. The van der Waals surface area contributed by atoms with Gasteiger partial charge in [0.1, 0.15) is 5.82 Å². The maximum Gasteiger partial charge on any atom is 0.146 e. The average Bonchev–Trinajstić information content (AvgIpc) is 2.32. The minimum atomic E-state index is -0.482. The van der Waals surface area contributed by atoms with Crippen molar-refractivity contribution in [3.8, 4) is 0 Å². The largest absolute Gasteiger partial charge is 0.322 e. The van der Waals surface area contributed by atoms with E-state index in [-0.39, 0.29) is 11.5 Å². The van der Waals surface area contributed by atoms with Crippen LogP contribution in [0.5, 0.6) is 0 Å². The summed E-state index contributed by atoms with van der Waals surface area (Å²) in [7, 11) is 0. The van der Waals surface area contributed by atoms with Crippen LogP contribution in [0.4, 0.5) is 4.39 Å². The summed E-state index contributed by atoms with van der Waals surface area (Å²) >= 11 is 3.30. The fraction of sp³-hybridized carbons (Fsp3) is 0.167. The van der Waals surface area contributed by atoms with Gasteiger partial charge in [-0.05, 0) is 40.2 Å². The first kappa shape index (κ1) is 12.1. The molecule has 2 N–H and O–H groups in total. The standard InChI is InChI=1S/C12H11BrFN3/c13-8-3-4-9(17-7-8)6-11(15)12-10(14)2-1-5-16-12/h1-5,7,11H,6,15H2. The highest BCUT2D eigenvalue weighted by molar-refractivity contribution is 9.10. The smallest absolute Gasteiger partial charge is 0.146 e. The van der Waals surface area contributed by atoms with E-state index in [1.807, 2.05) is 12.1 Å². The van der Waals surface area contributed by atoms with Crippen LogP contribution in [-0.2, 0) is 6.42 Å². The molecule has 0 fully saturated rings. The molecule has 2 rings (SSSR count). The van der Waals surface area contributed by atoms with Crippen molar-refractivity contribution in [1.82, 2.24) is 9.97 Å². The number of aromatic nitrogens is 2. The first-order chi connectivity index (χ1) is 8.16. The second-order valence-corrected chi connectivity index (χ2v) is 4.56. The Kier molecular flexibility index (Phi) is 3.81. The second-order valence-electron chi connectivity index (χ2n) is 3.65. The third-order valence-corrected chi connectivity index (χ3v) is 2.82. The van der Waals surface area contributed by atoms with Gasteiger partial charge in [0, 0.05) is 29.0 Å². The lowest BCUT2D eigenvalue weighted by Gasteiger charge is -2.11. The van der Waals surface area contributed by atoms with Crippen molar-refractivity contribution in [2.75, 3.05) is 0 Å². The number of nitrogens with two attached hydrogens (primary N) is 1. The molecule has 0 aromatic carbocycles. The highest BCUT2D eigenvalue weighted by atomic mass is 79.9. The Hall–Kier alpha value is -1.33. The van der Waals surface area contributed by atoms with Gasteiger partial charge < -0.3 is 5.73 Å². The number of hydrogen-bond acceptors (Lipinski definition) is 3. The summed E-state index contributed by atoms with van der Waals surface area (Å²) in [6.07, 6.45) is 3.69. The fourth-order valence-corrected chi connectivity index (χ4v) is 1.75. The molecule has 1 atom stereocenters. The lowest BCUT2D eigenvalue weighted by atomic mass is 10.1. The Morgan fingerprint density at radius 2 is 2.12 bits per heavy atom. The van der Waals surface area contributed by atoms with Crippen LogP contribution in [0, 0.1) is 5.82 Å². The zero-order chi connectivity index (χ0) is 12.3. The number of hydrogen-bond donors (Lipinski definition) is 1. The summed E-state index contributed by atoms with van der Waals surface area (Å²) in [5.74, 6) is -0.378. The van der Waals surface area contributed by atoms with Crippen molar-refractivity contribution < 1.29 is 4.39 Å². The van der Waals surface area contributed by atoms with Gasteiger partial charge in [0.25, 0.3) is 0 Å². The Balaban J connectivity index is 2.14. The monoisotopic (exact) mass is 295 g/mol. The van der Waals surface area contributed by atoms with E-state index < -0.39 is 6.04 Å². The molecular weight excluding hydrogens is 285 g/mol. The minimum Gasteiger partial charge on any atom is -0.322 e. The molecule has 0 amide bonds. The van der Waals surface area contributed by atoms with Gasteiger partial charge in [0.15, 0.2) is 0 Å². The van der Waals surface area contributed by atoms with E-state index in [2.05, 4.69) is 25.9 Å². The maximum absolute atomic E-state index is 13.4. The molecule has 17 heavy (non-hydrogen) atoms. The van der Waals surface area contributed by atoms with Gasteiger partial charge in [0.05, 0.1) is 11.7 Å². The zero-order valence-corrected chi connectivity index (χ0v) is 10.6. The molecule has 0 saturated heterocycles. The normalized spacial score (nSPS) is 12.4. The molecule has 0 aliphatic heterocycles. The maximum atomic E-state index is 13.4. The van der Waals surface area contributed by atoms with Crippen LogP contribution < -0.4 is 5.73 Å². The SMILES string of the molecule is NC(Cc1ccc(Br)cn1)c1ncccc1F. The Labute approximate surface area is 107 Å². The van der Waals surface area contributed by atoms with E-state index in [0.29, 0.717) is 6.42 Å². The lowest BCUT2D eigenvalue weighted by Crippen LogP contribution is -2.17. The first-order valence-corrected chi connectivity index (χ1v) is 5.92. The van der Waals surface area contributed by atoms with E-state index in [0.717, 1.165) is 10.2 Å². The molecule has 2 aromatic heterocycles. The summed E-state index contributed by atoms with van der Waals surface area (Å²) in [5, 5.41) is 0. The van der Waals surface area contributed by atoms with Gasteiger partial charge >= 0.3 is 0 Å². The number of halogens is 2. The predicted octanol–water partition coefficient (Wildman–Crippen LogP) is 2.62. The quantitative estimate of drug-likeness (QED) is 0.947. The number of nitrogens with zero attached hydrogens (tertiary/aromatic N) is 2. The van der Waals surface area contributed by atoms with Gasteiger partial charge in [-0.25, -0.2) is 4.39 Å². The molecule has 0 spiro atoms. The molecule has 0 aliphatic carbocycles. The number of pyridine rings is 2. The van der Waals surface area contributed by atoms with Gasteiger partial charge in [-0.1, -0.05) is 0 Å². The van der Waals surface area contributed by atoms with Crippen LogP contribution in [0.2, 0.25) is 0 Å². The Morgan fingerprint density at radius 3 is 2.76 bits per heavy atom. The zero-order valence-electron chi connectivity index (χ0n) is 8.98. The molecule has 5 heteroatoms. The summed E-state index contributed by atoms with van der Waals surface area (Å²) < 4.78 is 14.3. The van der Waals surface area contributed by atoms with Crippen molar-refractivity contribution in [3.63, 3.8) is 0 Å². The Bertz CT molecular complexity index is 501. The minimum absolute atomic E-state index is 0.275. The van der Waals surface area contributed by atoms with Gasteiger partial charge in [-0.2, -0.15) is 0 Å². The second kappa shape index (κ2) is 5.33. The van der Waals surface area contributed by atoms with E-state index in [1.54, 1.807) is 12.3 Å². The summed E-state index contributed by atoms with van der Waals surface area (Å²) in [4.78, 5) is 8.15. The molecule has 0 aliphatic rings. The van der Waals surface area contributed by atoms with Crippen LogP contribution in [0.15, 0.2) is 41.1 Å². The third kappa shape index (κ3) is 3.08. The summed E-state index contributed by atoms with van der Waals surface area (Å²) in [5.41, 5.74) is 7.00. The molecule has 0 saturated carbocycles. The molecular formula is C12H11BrFN3. The third-order valence-electron chi connectivity index (χ3n) is 2.36. The Morgan fingerprint density at radius 1 is 1.29 bits per heavy atom. The first-order valence-electron chi connectivity index (χ1n) is 5.13. The summed E-state index contributed by atoms with van der Waals surface area (Å²) in [6.45, 7) is 0. The van der Waals surface area contributed by atoms with Crippen LogP contribution in [0.1, 0.15) is 17.4 Å². The molecule has 2 aromatic rings. The van der Waals surface area contributed by atoms with Crippen LogP contribution in [0.3, 0.4) is 0 Å². The highest BCUT2D eigenvalue weighted by Gasteiger charge is 2.13. The lowest BCUT2D eigenvalue weighted by molar-refractivity contribution is 0.561. The van der Waals surface area contributed by atoms with Gasteiger partial charge in [-0.3, -0.25) is 9.97 Å². The average molecular weight is 296 g/mol. The summed E-state index contributed by atoms with van der Waals surface area (Å²) in [6, 6.07) is 6.15. The van der Waals surface area contributed by atoms with Crippen LogP contribution in [-0.4, -0.2) is 9.97 Å². The van der Waals surface area contributed by atoms with Crippen molar-refractivity contribution in [2.45, 2.75) is 12.5 Å². The van der Waals surface area contributed by atoms with Gasteiger partial charge in [-0.15, -0.1) is 0 Å². The topological polar surface area (TPSA) is 51.8 Å². The van der Waals surface area contributed by atoms with E-state index in [4.69, 9.17) is 5.73 Å². The van der Waals surface area contributed by atoms with Crippen molar-refractivity contribution in [3.05, 3.63) is 58.3 Å². The van der Waals surface area contributed by atoms with Crippen molar-refractivity contribution in [1.29, 1.82) is 0 Å². The van der Waals surface area contributed by atoms with Crippen molar-refractivity contribution >= 4 is 15.9 Å². The number of rotatable bonds is 3. The molecule has 1 unspecified atom stereocenters.